The van der Waals surface area contributed by atoms with E-state index >= 15 is 0 Å². The minimum atomic E-state index is -3.67. The summed E-state index contributed by atoms with van der Waals surface area (Å²) in [6.07, 6.45) is 0.263. The molecule has 2 unspecified atom stereocenters. The molecule has 0 bridgehead atoms. The molecular weight excluding hydrogens is 255 g/mol. The van der Waals surface area contributed by atoms with E-state index in [0.29, 0.717) is 12.0 Å². The Hall–Kier alpha value is -1.16. The average Bonchev–Trinajstić information content (AvgIpc) is 2.28. The van der Waals surface area contributed by atoms with Gasteiger partial charge in [0.25, 0.3) is 0 Å². The molecule has 0 aliphatic rings. The predicted octanol–water partition coefficient (Wildman–Crippen LogP) is 2.89. The van der Waals surface area contributed by atoms with Gasteiger partial charge in [-0.25, -0.2) is 4.79 Å². The highest BCUT2D eigenvalue weighted by molar-refractivity contribution is 7.51. The number of carboxylic acids is 1. The summed E-state index contributed by atoms with van der Waals surface area (Å²) >= 11 is 0. The molecule has 0 heterocycles. The average molecular weight is 272 g/mol. The van der Waals surface area contributed by atoms with Crippen LogP contribution in [0, 0.1) is 0 Å². The molecule has 18 heavy (non-hydrogen) atoms. The number of aromatic carboxylic acids is 1. The Morgan fingerprint density at radius 1 is 1.39 bits per heavy atom. The Kier molecular flexibility index (Phi) is 5.08. The second-order valence-electron chi connectivity index (χ2n) is 4.12. The lowest BCUT2D eigenvalue weighted by molar-refractivity contribution is 0.0697. The van der Waals surface area contributed by atoms with Gasteiger partial charge in [-0.1, -0.05) is 19.1 Å². The van der Waals surface area contributed by atoms with Crippen LogP contribution in [0.2, 0.25) is 0 Å². The van der Waals surface area contributed by atoms with Crippen molar-refractivity contribution in [2.45, 2.75) is 32.5 Å². The molecule has 1 aromatic rings. The van der Waals surface area contributed by atoms with E-state index in [0.717, 1.165) is 0 Å². The van der Waals surface area contributed by atoms with Crippen LogP contribution in [0.1, 0.15) is 36.2 Å². The molecule has 2 N–H and O–H groups in total. The zero-order valence-corrected chi connectivity index (χ0v) is 11.3. The van der Waals surface area contributed by atoms with Crippen molar-refractivity contribution in [1.29, 1.82) is 0 Å². The lowest BCUT2D eigenvalue weighted by Gasteiger charge is -2.16. The maximum Gasteiger partial charge on any atom is 0.335 e. The number of benzene rings is 1. The SMILES string of the molecule is CCC(C)OP(=O)(O)Cc1ccc(C(=O)O)cc1. The van der Waals surface area contributed by atoms with Gasteiger partial charge in [0.2, 0.25) is 0 Å². The molecule has 0 aromatic heterocycles. The van der Waals surface area contributed by atoms with E-state index in [1.165, 1.54) is 24.3 Å². The second-order valence-corrected chi connectivity index (χ2v) is 5.92. The molecule has 1 rings (SSSR count). The van der Waals surface area contributed by atoms with Gasteiger partial charge >= 0.3 is 13.6 Å². The maximum absolute atomic E-state index is 11.8. The molecule has 5 nitrogen and oxygen atoms in total. The van der Waals surface area contributed by atoms with Gasteiger partial charge < -0.3 is 14.5 Å². The number of carboxylic acid groups (broad SMARTS) is 1. The molecule has 0 spiro atoms. The first-order chi connectivity index (χ1) is 8.34. The summed E-state index contributed by atoms with van der Waals surface area (Å²) in [5, 5.41) is 8.73. The molecule has 6 heteroatoms. The summed E-state index contributed by atoms with van der Waals surface area (Å²) in [7, 11) is -3.67. The summed E-state index contributed by atoms with van der Waals surface area (Å²) < 4.78 is 16.9. The van der Waals surface area contributed by atoms with Gasteiger partial charge in [0.1, 0.15) is 0 Å². The third kappa shape index (κ3) is 4.61. The van der Waals surface area contributed by atoms with Crippen molar-refractivity contribution in [2.24, 2.45) is 0 Å². The van der Waals surface area contributed by atoms with Crippen molar-refractivity contribution < 1.29 is 23.9 Å². The first-order valence-corrected chi connectivity index (χ1v) is 7.43. The van der Waals surface area contributed by atoms with Crippen molar-refractivity contribution in [3.8, 4) is 0 Å². The van der Waals surface area contributed by atoms with Crippen LogP contribution in [-0.4, -0.2) is 22.1 Å². The number of hydrogen-bond acceptors (Lipinski definition) is 3. The van der Waals surface area contributed by atoms with Gasteiger partial charge in [0.15, 0.2) is 0 Å². The Morgan fingerprint density at radius 2 is 1.94 bits per heavy atom. The fraction of sp³-hybridized carbons (Fsp3) is 0.417. The number of rotatable bonds is 6. The number of hydrogen-bond donors (Lipinski definition) is 2. The fourth-order valence-corrected chi connectivity index (χ4v) is 2.83. The summed E-state index contributed by atoms with van der Waals surface area (Å²) in [4.78, 5) is 20.3. The van der Waals surface area contributed by atoms with Crippen LogP contribution in [0.4, 0.5) is 0 Å². The molecular formula is C12H17O5P. The monoisotopic (exact) mass is 272 g/mol. The van der Waals surface area contributed by atoms with E-state index in [2.05, 4.69) is 0 Å². The summed E-state index contributed by atoms with van der Waals surface area (Å²) in [6, 6.07) is 5.85. The quantitative estimate of drug-likeness (QED) is 0.778. The maximum atomic E-state index is 11.8. The van der Waals surface area contributed by atoms with Gasteiger partial charge in [-0.2, -0.15) is 0 Å². The largest absolute Gasteiger partial charge is 0.478 e. The van der Waals surface area contributed by atoms with E-state index in [4.69, 9.17) is 9.63 Å². The summed E-state index contributed by atoms with van der Waals surface area (Å²) in [5.41, 5.74) is 0.725. The van der Waals surface area contributed by atoms with Crippen LogP contribution in [0.15, 0.2) is 24.3 Å². The van der Waals surface area contributed by atoms with Crippen molar-refractivity contribution in [1.82, 2.24) is 0 Å². The van der Waals surface area contributed by atoms with E-state index in [1.807, 2.05) is 6.92 Å². The summed E-state index contributed by atoms with van der Waals surface area (Å²) in [5.74, 6) is -1.02. The van der Waals surface area contributed by atoms with Crippen molar-refractivity contribution in [2.75, 3.05) is 0 Å². The van der Waals surface area contributed by atoms with Gasteiger partial charge in [0.05, 0.1) is 17.8 Å². The Balaban J connectivity index is 2.72. The highest BCUT2D eigenvalue weighted by Gasteiger charge is 2.22. The van der Waals surface area contributed by atoms with Crippen molar-refractivity contribution in [3.05, 3.63) is 35.4 Å². The molecule has 2 atom stereocenters. The molecule has 100 valence electrons. The first-order valence-electron chi connectivity index (χ1n) is 5.66. The molecule has 0 fully saturated rings. The van der Waals surface area contributed by atoms with Crippen LogP contribution >= 0.6 is 7.60 Å². The molecule has 1 aromatic carbocycles. The molecule has 0 radical (unpaired) electrons. The number of carbonyl (C=O) groups is 1. The first kappa shape index (κ1) is 14.9. The molecule has 0 saturated heterocycles. The summed E-state index contributed by atoms with van der Waals surface area (Å²) in [6.45, 7) is 3.60. The lowest BCUT2D eigenvalue weighted by atomic mass is 10.1. The lowest BCUT2D eigenvalue weighted by Crippen LogP contribution is -2.05. The Morgan fingerprint density at radius 3 is 2.39 bits per heavy atom. The highest BCUT2D eigenvalue weighted by Crippen LogP contribution is 2.47. The van der Waals surface area contributed by atoms with E-state index in [-0.39, 0.29) is 17.8 Å². The van der Waals surface area contributed by atoms with Gasteiger partial charge in [-0.15, -0.1) is 0 Å². The Bertz CT molecular complexity index is 454. The van der Waals surface area contributed by atoms with Crippen molar-refractivity contribution >= 4 is 13.6 Å². The minimum Gasteiger partial charge on any atom is -0.478 e. The minimum absolute atomic E-state index is 0.114. The molecule has 0 amide bonds. The van der Waals surface area contributed by atoms with E-state index in [9.17, 15) is 14.3 Å². The molecule has 0 aliphatic carbocycles. The second kappa shape index (κ2) is 6.14. The third-order valence-corrected chi connectivity index (χ3v) is 3.96. The molecule has 0 aliphatic heterocycles. The van der Waals surface area contributed by atoms with Gasteiger partial charge in [0, 0.05) is 0 Å². The van der Waals surface area contributed by atoms with Gasteiger partial charge in [-0.3, -0.25) is 4.57 Å². The van der Waals surface area contributed by atoms with Gasteiger partial charge in [-0.05, 0) is 31.0 Å². The van der Waals surface area contributed by atoms with Crippen LogP contribution < -0.4 is 0 Å². The smallest absolute Gasteiger partial charge is 0.335 e. The molecule has 0 saturated carbocycles. The third-order valence-electron chi connectivity index (χ3n) is 2.50. The van der Waals surface area contributed by atoms with Crippen molar-refractivity contribution in [3.63, 3.8) is 0 Å². The Labute approximate surface area is 106 Å². The topological polar surface area (TPSA) is 83.8 Å². The van der Waals surface area contributed by atoms with Crippen LogP contribution in [0.5, 0.6) is 0 Å². The van der Waals surface area contributed by atoms with Crippen LogP contribution in [0.25, 0.3) is 0 Å². The van der Waals surface area contributed by atoms with E-state index in [1.54, 1.807) is 6.92 Å². The normalized spacial score (nSPS) is 15.9. The fourth-order valence-electron chi connectivity index (χ4n) is 1.38. The zero-order valence-electron chi connectivity index (χ0n) is 10.4. The van der Waals surface area contributed by atoms with E-state index < -0.39 is 13.6 Å². The highest BCUT2D eigenvalue weighted by atomic mass is 31.2. The standard InChI is InChI=1S/C12H17O5P/c1-3-9(2)17-18(15,16)8-10-4-6-11(7-5-10)12(13)14/h4-7,9H,3,8H2,1-2H3,(H,13,14)(H,15,16). The predicted molar refractivity (Wildman–Crippen MR) is 67.8 cm³/mol. The van der Waals surface area contributed by atoms with Crippen LogP contribution in [0.3, 0.4) is 0 Å². The zero-order chi connectivity index (χ0) is 13.8. The van der Waals surface area contributed by atoms with Crippen LogP contribution in [-0.2, 0) is 15.3 Å².